The van der Waals surface area contributed by atoms with Crippen LogP contribution in [0.25, 0.3) is 33.2 Å². The summed E-state index contributed by atoms with van der Waals surface area (Å²) in [5, 5.41) is 4.97. The zero-order chi connectivity index (χ0) is 30.6. The van der Waals surface area contributed by atoms with Crippen molar-refractivity contribution in [1.29, 1.82) is 0 Å². The van der Waals surface area contributed by atoms with Gasteiger partial charge in [-0.3, -0.25) is 4.79 Å². The Labute approximate surface area is 260 Å². The van der Waals surface area contributed by atoms with Gasteiger partial charge in [0, 0.05) is 29.5 Å². The maximum Gasteiger partial charge on any atom is 0.233 e. The molecule has 0 unspecified atom stereocenters. The minimum Gasteiger partial charge on any atom is -0.354 e. The van der Waals surface area contributed by atoms with Gasteiger partial charge in [-0.2, -0.15) is 0 Å². The van der Waals surface area contributed by atoms with Crippen LogP contribution in [-0.4, -0.2) is 50.9 Å². The van der Waals surface area contributed by atoms with E-state index in [1.807, 2.05) is 0 Å². The zero-order valence-corrected chi connectivity index (χ0v) is 26.8. The molecule has 1 amide bonds. The Morgan fingerprint density at radius 3 is 2.43 bits per heavy atom. The Bertz CT molecular complexity index is 1800. The van der Waals surface area contributed by atoms with Gasteiger partial charge in [-0.15, -0.1) is 0 Å². The number of nitrogens with one attached hydrogen (secondary N) is 3. The molecule has 0 spiro atoms. The molecular formula is C38H45N5O. The Kier molecular flexibility index (Phi) is 7.36. The Balaban J connectivity index is 1.19. The van der Waals surface area contributed by atoms with E-state index in [-0.39, 0.29) is 11.8 Å². The maximum atomic E-state index is 14.0. The van der Waals surface area contributed by atoms with E-state index in [4.69, 9.17) is 0 Å². The highest BCUT2D eigenvalue weighted by molar-refractivity contribution is 5.95. The number of amides is 1. The summed E-state index contributed by atoms with van der Waals surface area (Å²) in [6.07, 6.45) is 7.36. The van der Waals surface area contributed by atoms with Gasteiger partial charge in [-0.1, -0.05) is 36.2 Å². The highest BCUT2D eigenvalue weighted by Gasteiger charge is 2.47. The topological polar surface area (TPSA) is 76.8 Å². The number of aromatic amines is 2. The molecule has 3 aromatic carbocycles. The first-order valence-corrected chi connectivity index (χ1v) is 16.4. The van der Waals surface area contributed by atoms with E-state index in [0.29, 0.717) is 12.1 Å². The molecule has 1 atom stereocenters. The van der Waals surface area contributed by atoms with Crippen LogP contribution in [0.15, 0.2) is 60.9 Å². The van der Waals surface area contributed by atoms with Crippen LogP contribution in [0, 0.1) is 13.8 Å². The van der Waals surface area contributed by atoms with Gasteiger partial charge in [0.15, 0.2) is 0 Å². The number of hydrogen-bond donors (Lipinski definition) is 3. The molecule has 228 valence electrons. The predicted molar refractivity (Wildman–Crippen MR) is 180 cm³/mol. The van der Waals surface area contributed by atoms with Crippen molar-refractivity contribution in [3.63, 3.8) is 0 Å². The first kappa shape index (κ1) is 28.8. The number of carbonyl (C=O) groups is 1. The highest BCUT2D eigenvalue weighted by atomic mass is 16.2. The average Bonchev–Trinajstić information content (AvgIpc) is 3.80. The molecule has 6 nitrogen and oxygen atoms in total. The van der Waals surface area contributed by atoms with E-state index in [1.165, 1.54) is 38.9 Å². The molecule has 6 heteroatoms. The number of carbonyl (C=O) groups excluding carboxylic acids is 1. The largest absolute Gasteiger partial charge is 0.354 e. The molecule has 5 aromatic rings. The molecule has 2 bridgehead atoms. The SMILES string of the molecule is Cc1cc(C)cc(-c2[nH]c3ccc(C(C)(C)C(=O)N4C5CCC4CC5)cc3c2[C@H](C)CNCCc2ccc3nc[nH]c3c2)c1. The van der Waals surface area contributed by atoms with Gasteiger partial charge in [0.1, 0.15) is 0 Å². The molecule has 0 aliphatic carbocycles. The summed E-state index contributed by atoms with van der Waals surface area (Å²) in [7, 11) is 0. The number of hydrogen-bond acceptors (Lipinski definition) is 3. The number of aromatic nitrogens is 3. The first-order chi connectivity index (χ1) is 21.2. The van der Waals surface area contributed by atoms with Crippen LogP contribution < -0.4 is 5.32 Å². The molecule has 7 rings (SSSR count). The summed E-state index contributed by atoms with van der Waals surface area (Å²) in [5.74, 6) is 0.551. The average molecular weight is 588 g/mol. The third-order valence-corrected chi connectivity index (χ3v) is 10.3. The van der Waals surface area contributed by atoms with Crippen molar-refractivity contribution < 1.29 is 4.79 Å². The molecule has 2 aliphatic rings. The highest BCUT2D eigenvalue weighted by Crippen LogP contribution is 2.42. The molecule has 4 heterocycles. The van der Waals surface area contributed by atoms with Gasteiger partial charge >= 0.3 is 0 Å². The van der Waals surface area contributed by atoms with Crippen molar-refractivity contribution in [3.8, 4) is 11.3 Å². The summed E-state index contributed by atoms with van der Waals surface area (Å²) < 4.78 is 0. The van der Waals surface area contributed by atoms with E-state index < -0.39 is 5.41 Å². The van der Waals surface area contributed by atoms with E-state index in [9.17, 15) is 4.79 Å². The predicted octanol–water partition coefficient (Wildman–Crippen LogP) is 7.69. The standard InChI is InChI=1S/C38H45N5O/c1-23-16-24(2)18-27(17-23)36-35(25(3)21-39-15-14-26-6-12-33-34(19-26)41-22-40-33)31-20-28(7-13-32(31)42-36)38(4,5)37(44)43-29-8-9-30(43)11-10-29/h6-7,12-13,16-20,22,25,29-30,39,42H,8-11,14-15,21H2,1-5H3,(H,40,41)/t25-,29?,30?/m1/s1. The number of imidazole rings is 1. The zero-order valence-electron chi connectivity index (χ0n) is 26.8. The third-order valence-electron chi connectivity index (χ3n) is 10.3. The number of nitrogens with zero attached hydrogens (tertiary/aromatic N) is 2. The number of aryl methyl sites for hydroxylation is 2. The molecule has 0 radical (unpaired) electrons. The van der Waals surface area contributed by atoms with Gasteiger partial charge in [-0.25, -0.2) is 4.98 Å². The summed E-state index contributed by atoms with van der Waals surface area (Å²) in [5.41, 5.74) is 11.3. The van der Waals surface area contributed by atoms with Crippen molar-refractivity contribution in [2.24, 2.45) is 0 Å². The number of rotatable bonds is 9. The summed E-state index contributed by atoms with van der Waals surface area (Å²) in [6.45, 7) is 12.7. The normalized spacial score (nSPS) is 19.0. The molecule has 2 saturated heterocycles. The molecular weight excluding hydrogens is 542 g/mol. The quantitative estimate of drug-likeness (QED) is 0.155. The van der Waals surface area contributed by atoms with Crippen molar-refractivity contribution >= 4 is 27.8 Å². The van der Waals surface area contributed by atoms with Gasteiger partial charge in [0.05, 0.1) is 28.5 Å². The van der Waals surface area contributed by atoms with Gasteiger partial charge < -0.3 is 20.2 Å². The van der Waals surface area contributed by atoms with Crippen LogP contribution in [-0.2, 0) is 16.6 Å². The van der Waals surface area contributed by atoms with Crippen LogP contribution in [0.3, 0.4) is 0 Å². The van der Waals surface area contributed by atoms with Crippen LogP contribution >= 0.6 is 0 Å². The Morgan fingerprint density at radius 2 is 1.70 bits per heavy atom. The van der Waals surface area contributed by atoms with Gasteiger partial charge in [0.2, 0.25) is 5.91 Å². The van der Waals surface area contributed by atoms with Crippen LogP contribution in [0.4, 0.5) is 0 Å². The molecule has 2 fully saturated rings. The van der Waals surface area contributed by atoms with Crippen LogP contribution in [0.1, 0.15) is 80.2 Å². The second-order valence-electron chi connectivity index (χ2n) is 14.0. The van der Waals surface area contributed by atoms with Crippen LogP contribution in [0.5, 0.6) is 0 Å². The Hall–Kier alpha value is -3.90. The van der Waals surface area contributed by atoms with Crippen molar-refractivity contribution in [1.82, 2.24) is 25.2 Å². The molecule has 2 aromatic heterocycles. The minimum atomic E-state index is -0.578. The molecule has 44 heavy (non-hydrogen) atoms. The van der Waals surface area contributed by atoms with E-state index >= 15 is 0 Å². The lowest BCUT2D eigenvalue weighted by Gasteiger charge is -2.33. The fourth-order valence-corrected chi connectivity index (χ4v) is 7.94. The van der Waals surface area contributed by atoms with E-state index in [0.717, 1.165) is 67.3 Å². The number of fused-ring (bicyclic) bond motifs is 4. The van der Waals surface area contributed by atoms with Crippen molar-refractivity contribution in [2.45, 2.75) is 90.1 Å². The molecule has 3 N–H and O–H groups in total. The molecule has 0 saturated carbocycles. The smallest absolute Gasteiger partial charge is 0.233 e. The Morgan fingerprint density at radius 1 is 0.977 bits per heavy atom. The summed E-state index contributed by atoms with van der Waals surface area (Å²) in [4.78, 5) is 27.6. The first-order valence-electron chi connectivity index (χ1n) is 16.4. The summed E-state index contributed by atoms with van der Waals surface area (Å²) in [6, 6.07) is 20.8. The van der Waals surface area contributed by atoms with Crippen LogP contribution in [0.2, 0.25) is 0 Å². The fourth-order valence-electron chi connectivity index (χ4n) is 7.94. The van der Waals surface area contributed by atoms with Gasteiger partial charge in [0.25, 0.3) is 0 Å². The molecule has 2 aliphatic heterocycles. The summed E-state index contributed by atoms with van der Waals surface area (Å²) >= 11 is 0. The lowest BCUT2D eigenvalue weighted by atomic mass is 9.81. The van der Waals surface area contributed by atoms with E-state index in [1.54, 1.807) is 6.33 Å². The van der Waals surface area contributed by atoms with E-state index in [2.05, 4.69) is 114 Å². The number of benzene rings is 3. The monoisotopic (exact) mass is 587 g/mol. The van der Waals surface area contributed by atoms with Crippen molar-refractivity contribution in [2.75, 3.05) is 13.1 Å². The third kappa shape index (κ3) is 5.13. The second-order valence-corrected chi connectivity index (χ2v) is 14.0. The maximum absolute atomic E-state index is 14.0. The fraction of sp³-hybridized carbons (Fsp3) is 0.421. The second kappa shape index (κ2) is 11.2. The lowest BCUT2D eigenvalue weighted by Crippen LogP contribution is -2.45. The minimum absolute atomic E-state index is 0.262. The van der Waals surface area contributed by atoms with Crippen molar-refractivity contribution in [3.05, 3.63) is 88.7 Å². The lowest BCUT2D eigenvalue weighted by molar-refractivity contribution is -0.137. The van der Waals surface area contributed by atoms with Gasteiger partial charge in [-0.05, 0) is 131 Å². The number of H-pyrrole nitrogens is 2.